The van der Waals surface area contributed by atoms with Gasteiger partial charge in [-0.25, -0.2) is 4.79 Å². The van der Waals surface area contributed by atoms with E-state index in [1.165, 1.54) is 19.3 Å². The molecular weight excluding hydrogens is 452 g/mol. The summed E-state index contributed by atoms with van der Waals surface area (Å²) >= 11 is 0. The molecule has 202 valence electrons. The van der Waals surface area contributed by atoms with Crippen LogP contribution in [0.15, 0.2) is 72.4 Å². The second-order valence-corrected chi connectivity index (χ2v) is 9.71. The molecule has 1 aliphatic rings. The van der Waals surface area contributed by atoms with Crippen LogP contribution in [0, 0.1) is 17.8 Å². The van der Waals surface area contributed by atoms with Crippen molar-refractivity contribution < 1.29 is 24.9 Å². The van der Waals surface area contributed by atoms with E-state index in [9.17, 15) is 20.1 Å². The van der Waals surface area contributed by atoms with Gasteiger partial charge in [-0.05, 0) is 39.0 Å². The number of aliphatic hydroxyl groups is 3. The summed E-state index contributed by atoms with van der Waals surface area (Å²) in [5.41, 5.74) is 0.392. The first-order valence-corrected chi connectivity index (χ1v) is 13.5. The Labute approximate surface area is 218 Å². The number of aliphatic hydroxyl groups excluding tert-OH is 3. The molecule has 0 aromatic heterocycles. The smallest absolute Gasteiger partial charge is 0.334 e. The predicted octanol–water partition coefficient (Wildman–Crippen LogP) is 5.99. The predicted molar refractivity (Wildman–Crippen MR) is 148 cm³/mol. The molecule has 0 spiro atoms. The van der Waals surface area contributed by atoms with Crippen molar-refractivity contribution in [3.63, 3.8) is 0 Å². The molecule has 0 saturated heterocycles. The number of rotatable bonds is 8. The fourth-order valence-corrected chi connectivity index (χ4v) is 4.00. The molecule has 0 amide bonds. The quantitative estimate of drug-likeness (QED) is 0.281. The lowest BCUT2D eigenvalue weighted by molar-refractivity contribution is -0.140. The second kappa shape index (κ2) is 19.0. The van der Waals surface area contributed by atoms with E-state index in [0.717, 1.165) is 19.3 Å². The van der Waals surface area contributed by atoms with Crippen molar-refractivity contribution in [2.75, 3.05) is 6.61 Å². The fourth-order valence-electron chi connectivity index (χ4n) is 4.00. The molecule has 1 heterocycles. The molecular formula is C31H48O5. The first-order valence-electron chi connectivity index (χ1n) is 13.5. The summed E-state index contributed by atoms with van der Waals surface area (Å²) in [6.45, 7) is 7.50. The van der Waals surface area contributed by atoms with E-state index in [4.69, 9.17) is 4.74 Å². The Kier molecular flexibility index (Phi) is 16.8. The average molecular weight is 501 g/mol. The first kappa shape index (κ1) is 31.8. The van der Waals surface area contributed by atoms with Gasteiger partial charge in [0.15, 0.2) is 0 Å². The summed E-state index contributed by atoms with van der Waals surface area (Å²) in [7, 11) is 0. The van der Waals surface area contributed by atoms with Crippen molar-refractivity contribution in [2.24, 2.45) is 17.8 Å². The molecule has 0 aliphatic carbocycles. The highest BCUT2D eigenvalue weighted by Crippen LogP contribution is 2.25. The van der Waals surface area contributed by atoms with E-state index in [2.05, 4.69) is 12.2 Å². The number of cyclic esters (lactones) is 1. The number of carbonyl (C=O) groups is 1. The molecule has 5 nitrogen and oxygen atoms in total. The number of esters is 1. The standard InChI is InChI=1S/C31H48O5/c1-5-19-28(32)24(2)21-22-29(33)26(4)30(34)25(3)27-20-17-15-13-11-9-7-6-8-10-12-14-16-18-23-36-31(27)35/h5,10,12,14-17,19-22,24-26,28-30,32-34H,6-9,11,13,18,23H2,1-4H3/b12-10-,16-14-,17-15-,19-5+,22-21+,27-20-. The summed E-state index contributed by atoms with van der Waals surface area (Å²) < 4.78 is 5.50. The van der Waals surface area contributed by atoms with Gasteiger partial charge in [0, 0.05) is 23.3 Å². The van der Waals surface area contributed by atoms with Crippen molar-refractivity contribution in [3.05, 3.63) is 72.4 Å². The SMILES string of the molecule is C/C=C/C(O)C(C)/C=C/C(O)C(C)C(O)C(C)/C1=C/C=C\CCCCCC/C=C\C=C/CCOC1=O. The fraction of sp³-hybridized carbons (Fsp3) is 0.581. The molecule has 6 atom stereocenters. The zero-order valence-electron chi connectivity index (χ0n) is 22.6. The Balaban J connectivity index is 2.92. The Morgan fingerprint density at radius 2 is 1.42 bits per heavy atom. The van der Waals surface area contributed by atoms with Crippen LogP contribution in [-0.4, -0.2) is 46.2 Å². The van der Waals surface area contributed by atoms with Gasteiger partial charge in [-0.2, -0.15) is 0 Å². The highest BCUT2D eigenvalue weighted by molar-refractivity contribution is 5.89. The molecule has 0 aromatic carbocycles. The van der Waals surface area contributed by atoms with Crippen molar-refractivity contribution in [1.82, 2.24) is 0 Å². The Morgan fingerprint density at radius 3 is 2.06 bits per heavy atom. The van der Waals surface area contributed by atoms with Gasteiger partial charge in [-0.3, -0.25) is 0 Å². The van der Waals surface area contributed by atoms with E-state index in [1.807, 2.05) is 38.2 Å². The number of allylic oxidation sites excluding steroid dienone is 7. The van der Waals surface area contributed by atoms with Crippen LogP contribution in [0.4, 0.5) is 0 Å². The molecule has 0 radical (unpaired) electrons. The second-order valence-electron chi connectivity index (χ2n) is 9.71. The van der Waals surface area contributed by atoms with Gasteiger partial charge in [0.2, 0.25) is 0 Å². The minimum absolute atomic E-state index is 0.174. The lowest BCUT2D eigenvalue weighted by Crippen LogP contribution is -2.35. The van der Waals surface area contributed by atoms with Crippen LogP contribution in [0.1, 0.15) is 72.6 Å². The third-order valence-electron chi connectivity index (χ3n) is 6.66. The van der Waals surface area contributed by atoms with E-state index in [-0.39, 0.29) is 12.5 Å². The lowest BCUT2D eigenvalue weighted by Gasteiger charge is -2.28. The zero-order chi connectivity index (χ0) is 26.8. The van der Waals surface area contributed by atoms with Gasteiger partial charge in [0.05, 0.1) is 24.9 Å². The molecule has 0 saturated carbocycles. The largest absolute Gasteiger partial charge is 0.462 e. The topological polar surface area (TPSA) is 87.0 Å². The Bertz CT molecular complexity index is 789. The van der Waals surface area contributed by atoms with Gasteiger partial charge in [0.1, 0.15) is 0 Å². The number of hydrogen-bond donors (Lipinski definition) is 3. The van der Waals surface area contributed by atoms with Gasteiger partial charge >= 0.3 is 5.97 Å². The molecule has 3 N–H and O–H groups in total. The van der Waals surface area contributed by atoms with Gasteiger partial charge in [0.25, 0.3) is 0 Å². The summed E-state index contributed by atoms with van der Waals surface area (Å²) in [5.74, 6) is -1.68. The van der Waals surface area contributed by atoms with Crippen molar-refractivity contribution >= 4 is 5.97 Å². The summed E-state index contributed by atoms with van der Waals surface area (Å²) in [6, 6.07) is 0. The minimum Gasteiger partial charge on any atom is -0.462 e. The van der Waals surface area contributed by atoms with Crippen LogP contribution in [0.25, 0.3) is 0 Å². The third-order valence-corrected chi connectivity index (χ3v) is 6.66. The normalized spacial score (nSPS) is 26.4. The maximum Gasteiger partial charge on any atom is 0.334 e. The monoisotopic (exact) mass is 500 g/mol. The summed E-state index contributed by atoms with van der Waals surface area (Å²) in [5, 5.41) is 31.7. The van der Waals surface area contributed by atoms with Crippen molar-refractivity contribution in [3.8, 4) is 0 Å². The van der Waals surface area contributed by atoms with Crippen LogP contribution in [0.5, 0.6) is 0 Å². The molecule has 0 fully saturated rings. The molecule has 1 aliphatic heterocycles. The minimum atomic E-state index is -0.962. The highest BCUT2D eigenvalue weighted by Gasteiger charge is 2.31. The molecule has 1 rings (SSSR count). The lowest BCUT2D eigenvalue weighted by atomic mass is 9.84. The highest BCUT2D eigenvalue weighted by atomic mass is 16.5. The van der Waals surface area contributed by atoms with Crippen LogP contribution < -0.4 is 0 Å². The molecule has 0 aromatic rings. The van der Waals surface area contributed by atoms with E-state index in [1.54, 1.807) is 44.2 Å². The van der Waals surface area contributed by atoms with Crippen molar-refractivity contribution in [2.45, 2.75) is 91.0 Å². The first-order chi connectivity index (χ1) is 17.3. The van der Waals surface area contributed by atoms with E-state index in [0.29, 0.717) is 12.0 Å². The number of ether oxygens (including phenoxy) is 1. The number of hydrogen-bond acceptors (Lipinski definition) is 5. The average Bonchev–Trinajstić information content (AvgIpc) is 2.87. The molecule has 6 unspecified atom stereocenters. The van der Waals surface area contributed by atoms with Gasteiger partial charge in [-0.15, -0.1) is 0 Å². The Morgan fingerprint density at radius 1 is 0.806 bits per heavy atom. The van der Waals surface area contributed by atoms with Crippen LogP contribution in [-0.2, 0) is 9.53 Å². The summed E-state index contributed by atoms with van der Waals surface area (Å²) in [6.07, 6.45) is 25.5. The summed E-state index contributed by atoms with van der Waals surface area (Å²) in [4.78, 5) is 12.9. The third kappa shape index (κ3) is 12.7. The van der Waals surface area contributed by atoms with E-state index < -0.39 is 36.1 Å². The maximum absolute atomic E-state index is 12.9. The maximum atomic E-state index is 12.9. The van der Waals surface area contributed by atoms with Gasteiger partial charge < -0.3 is 20.1 Å². The molecule has 5 heteroatoms. The zero-order valence-corrected chi connectivity index (χ0v) is 22.6. The van der Waals surface area contributed by atoms with Crippen LogP contribution in [0.3, 0.4) is 0 Å². The van der Waals surface area contributed by atoms with Gasteiger partial charge in [-0.1, -0.05) is 100 Å². The van der Waals surface area contributed by atoms with Crippen molar-refractivity contribution in [1.29, 1.82) is 0 Å². The van der Waals surface area contributed by atoms with Crippen LogP contribution >= 0.6 is 0 Å². The Hall–Kier alpha value is -2.21. The van der Waals surface area contributed by atoms with Crippen LogP contribution in [0.2, 0.25) is 0 Å². The van der Waals surface area contributed by atoms with E-state index >= 15 is 0 Å². The molecule has 36 heavy (non-hydrogen) atoms. The molecule has 0 bridgehead atoms. The number of carbonyl (C=O) groups excluding carboxylic acids is 1.